The molecule has 2 nitrogen and oxygen atoms in total. The lowest BCUT2D eigenvalue weighted by molar-refractivity contribution is 0.414. The van der Waals surface area contributed by atoms with E-state index in [1.165, 1.54) is 0 Å². The molecule has 0 radical (unpaired) electrons. The zero-order valence-corrected chi connectivity index (χ0v) is 9.63. The Hall–Kier alpha value is -0.990. The van der Waals surface area contributed by atoms with Crippen LogP contribution in [0.2, 0.25) is 5.02 Å². The van der Waals surface area contributed by atoms with Gasteiger partial charge in [-0.05, 0) is 30.5 Å². The molecule has 0 amide bonds. The van der Waals surface area contributed by atoms with Crippen LogP contribution in [0.3, 0.4) is 0 Å². The molecule has 0 aliphatic rings. The van der Waals surface area contributed by atoms with Crippen molar-refractivity contribution in [2.75, 3.05) is 7.11 Å². The minimum absolute atomic E-state index is 0.00849. The van der Waals surface area contributed by atoms with E-state index in [2.05, 4.69) is 6.58 Å². The van der Waals surface area contributed by atoms with E-state index in [4.69, 9.17) is 22.1 Å². The number of methoxy groups -OCH3 is 1. The second kappa shape index (κ2) is 5.79. The molecule has 0 aromatic heterocycles. The Morgan fingerprint density at radius 1 is 1.60 bits per heavy atom. The maximum Gasteiger partial charge on any atom is 0.137 e. The lowest BCUT2D eigenvalue weighted by atomic mass is 10.0. The zero-order chi connectivity index (χ0) is 11.3. The second-order valence-electron chi connectivity index (χ2n) is 3.37. The van der Waals surface area contributed by atoms with Crippen molar-refractivity contribution in [2.24, 2.45) is 5.73 Å². The van der Waals surface area contributed by atoms with Gasteiger partial charge in [0.25, 0.3) is 0 Å². The average Bonchev–Trinajstić information content (AvgIpc) is 2.26. The highest BCUT2D eigenvalue weighted by Crippen LogP contribution is 2.28. The first-order chi connectivity index (χ1) is 7.19. The van der Waals surface area contributed by atoms with Crippen molar-refractivity contribution < 1.29 is 4.74 Å². The quantitative estimate of drug-likeness (QED) is 0.781. The minimum Gasteiger partial charge on any atom is -0.495 e. The molecule has 0 aliphatic carbocycles. The number of nitrogens with two attached hydrogens (primary N) is 1. The molecule has 0 heterocycles. The zero-order valence-electron chi connectivity index (χ0n) is 8.87. The van der Waals surface area contributed by atoms with E-state index in [9.17, 15) is 0 Å². The van der Waals surface area contributed by atoms with Crippen molar-refractivity contribution in [2.45, 2.75) is 18.9 Å². The first-order valence-electron chi connectivity index (χ1n) is 4.89. The van der Waals surface area contributed by atoms with E-state index < -0.39 is 0 Å². The molecule has 0 unspecified atom stereocenters. The highest BCUT2D eigenvalue weighted by Gasteiger charge is 2.08. The summed E-state index contributed by atoms with van der Waals surface area (Å²) in [5.74, 6) is 0.670. The molecule has 0 saturated carbocycles. The van der Waals surface area contributed by atoms with E-state index in [1.54, 1.807) is 7.11 Å². The maximum atomic E-state index is 6.01. The van der Waals surface area contributed by atoms with Crippen molar-refractivity contribution in [3.05, 3.63) is 41.4 Å². The summed E-state index contributed by atoms with van der Waals surface area (Å²) in [6.07, 6.45) is 3.66. The second-order valence-corrected chi connectivity index (χ2v) is 3.77. The third kappa shape index (κ3) is 3.26. The molecular weight excluding hydrogens is 210 g/mol. The largest absolute Gasteiger partial charge is 0.495 e. The number of hydrogen-bond acceptors (Lipinski definition) is 2. The molecule has 2 N–H and O–H groups in total. The molecule has 0 saturated heterocycles. The summed E-state index contributed by atoms with van der Waals surface area (Å²) in [7, 11) is 1.60. The van der Waals surface area contributed by atoms with Crippen LogP contribution in [0.25, 0.3) is 0 Å². The minimum atomic E-state index is 0.00849. The molecule has 1 atom stereocenters. The summed E-state index contributed by atoms with van der Waals surface area (Å²) < 4.78 is 5.13. The van der Waals surface area contributed by atoms with Crippen LogP contribution >= 0.6 is 11.6 Å². The van der Waals surface area contributed by atoms with E-state index in [-0.39, 0.29) is 6.04 Å². The van der Waals surface area contributed by atoms with E-state index >= 15 is 0 Å². The Bertz CT molecular complexity index is 338. The van der Waals surface area contributed by atoms with Gasteiger partial charge in [0, 0.05) is 6.04 Å². The fourth-order valence-corrected chi connectivity index (χ4v) is 1.57. The molecule has 15 heavy (non-hydrogen) atoms. The molecule has 0 bridgehead atoms. The molecule has 0 aliphatic heterocycles. The van der Waals surface area contributed by atoms with E-state index in [0.29, 0.717) is 10.8 Å². The van der Waals surface area contributed by atoms with Gasteiger partial charge in [0.15, 0.2) is 0 Å². The molecule has 0 fully saturated rings. The fourth-order valence-electron chi connectivity index (χ4n) is 1.37. The van der Waals surface area contributed by atoms with Crippen molar-refractivity contribution in [3.63, 3.8) is 0 Å². The van der Waals surface area contributed by atoms with Crippen LogP contribution in [0.1, 0.15) is 24.4 Å². The third-order valence-corrected chi connectivity index (χ3v) is 2.60. The number of rotatable bonds is 5. The summed E-state index contributed by atoms with van der Waals surface area (Å²) in [5.41, 5.74) is 7.05. The van der Waals surface area contributed by atoms with Crippen LogP contribution in [-0.4, -0.2) is 7.11 Å². The van der Waals surface area contributed by atoms with Crippen LogP contribution in [-0.2, 0) is 0 Å². The summed E-state index contributed by atoms with van der Waals surface area (Å²) in [6, 6.07) is 5.63. The van der Waals surface area contributed by atoms with Crippen LogP contribution in [0.4, 0.5) is 0 Å². The highest BCUT2D eigenvalue weighted by molar-refractivity contribution is 6.32. The standard InChI is InChI=1S/C12H16ClNO/c1-3-4-5-11(14)9-6-7-10(13)12(8-9)15-2/h3,6-8,11H,1,4-5,14H2,2H3/t11-/m1/s1. The summed E-state index contributed by atoms with van der Waals surface area (Å²) >= 11 is 5.92. The van der Waals surface area contributed by atoms with Gasteiger partial charge in [0.05, 0.1) is 12.1 Å². The van der Waals surface area contributed by atoms with Gasteiger partial charge < -0.3 is 10.5 Å². The predicted molar refractivity (Wildman–Crippen MR) is 64.4 cm³/mol. The molecule has 0 spiro atoms. The molecular formula is C12H16ClNO. The highest BCUT2D eigenvalue weighted by atomic mass is 35.5. The molecule has 1 aromatic carbocycles. The van der Waals surface area contributed by atoms with Gasteiger partial charge in [-0.2, -0.15) is 0 Å². The van der Waals surface area contributed by atoms with Gasteiger partial charge in [-0.3, -0.25) is 0 Å². The molecule has 3 heteroatoms. The number of allylic oxidation sites excluding steroid dienone is 1. The lowest BCUT2D eigenvalue weighted by Crippen LogP contribution is -2.09. The Morgan fingerprint density at radius 3 is 2.93 bits per heavy atom. The van der Waals surface area contributed by atoms with Crippen LogP contribution in [0.15, 0.2) is 30.9 Å². The first-order valence-corrected chi connectivity index (χ1v) is 5.26. The third-order valence-electron chi connectivity index (χ3n) is 2.29. The van der Waals surface area contributed by atoms with Gasteiger partial charge in [0.1, 0.15) is 5.75 Å². The summed E-state index contributed by atoms with van der Waals surface area (Å²) in [6.45, 7) is 3.67. The van der Waals surface area contributed by atoms with Crippen molar-refractivity contribution in [3.8, 4) is 5.75 Å². The monoisotopic (exact) mass is 225 g/mol. The van der Waals surface area contributed by atoms with Crippen molar-refractivity contribution in [1.82, 2.24) is 0 Å². The fraction of sp³-hybridized carbons (Fsp3) is 0.333. The molecule has 1 aromatic rings. The number of halogens is 1. The Kier molecular flexibility index (Phi) is 4.66. The van der Waals surface area contributed by atoms with Gasteiger partial charge in [-0.1, -0.05) is 23.7 Å². The summed E-state index contributed by atoms with van der Waals surface area (Å²) in [4.78, 5) is 0. The molecule has 1 rings (SSSR count). The van der Waals surface area contributed by atoms with Gasteiger partial charge >= 0.3 is 0 Å². The predicted octanol–water partition coefficient (Wildman–Crippen LogP) is 3.31. The van der Waals surface area contributed by atoms with Crippen LogP contribution in [0.5, 0.6) is 5.75 Å². The summed E-state index contributed by atoms with van der Waals surface area (Å²) in [5, 5.41) is 0.608. The maximum absolute atomic E-state index is 6.01. The normalized spacial score (nSPS) is 12.2. The number of benzene rings is 1. The Labute approximate surface area is 95.7 Å². The Morgan fingerprint density at radius 2 is 2.33 bits per heavy atom. The van der Waals surface area contributed by atoms with Crippen molar-refractivity contribution in [1.29, 1.82) is 0 Å². The number of hydrogen-bond donors (Lipinski definition) is 1. The van der Waals surface area contributed by atoms with E-state index in [1.807, 2.05) is 24.3 Å². The topological polar surface area (TPSA) is 35.2 Å². The Balaban J connectivity index is 2.80. The van der Waals surface area contributed by atoms with Gasteiger partial charge in [-0.25, -0.2) is 0 Å². The number of ether oxygens (including phenoxy) is 1. The first kappa shape index (κ1) is 12.1. The van der Waals surface area contributed by atoms with Crippen LogP contribution in [0, 0.1) is 0 Å². The smallest absolute Gasteiger partial charge is 0.137 e. The average molecular weight is 226 g/mol. The SMILES string of the molecule is C=CCC[C@@H](N)c1ccc(Cl)c(OC)c1. The van der Waals surface area contributed by atoms with Gasteiger partial charge in [0.2, 0.25) is 0 Å². The van der Waals surface area contributed by atoms with Gasteiger partial charge in [-0.15, -0.1) is 6.58 Å². The molecule has 82 valence electrons. The van der Waals surface area contributed by atoms with Crippen molar-refractivity contribution >= 4 is 11.6 Å². The van der Waals surface area contributed by atoms with Crippen LogP contribution < -0.4 is 10.5 Å². The van der Waals surface area contributed by atoms with E-state index in [0.717, 1.165) is 18.4 Å². The lowest BCUT2D eigenvalue weighted by Gasteiger charge is -2.12.